The Morgan fingerprint density at radius 2 is 1.82 bits per heavy atom. The molecule has 0 radical (unpaired) electrons. The van der Waals surface area contributed by atoms with Crippen molar-refractivity contribution in [3.63, 3.8) is 0 Å². The molecule has 5 rings (SSSR count). The zero-order chi connectivity index (χ0) is 31.2. The molecule has 0 unspecified atom stereocenters. The number of nitriles is 1. The minimum atomic E-state index is -0.773. The fourth-order valence-electron chi connectivity index (χ4n) is 4.97. The number of fused-ring (bicyclic) bond motifs is 1. The monoisotopic (exact) mass is 609 g/mol. The summed E-state index contributed by atoms with van der Waals surface area (Å²) in [5.74, 6) is 1.15. The molecule has 0 aliphatic carbocycles. The fourth-order valence-corrected chi connectivity index (χ4v) is 6.01. The van der Waals surface area contributed by atoms with E-state index in [1.807, 2.05) is 55.5 Å². The van der Waals surface area contributed by atoms with Crippen LogP contribution in [0.2, 0.25) is 0 Å². The van der Waals surface area contributed by atoms with E-state index < -0.39 is 12.0 Å². The van der Waals surface area contributed by atoms with Gasteiger partial charge in [-0.3, -0.25) is 9.36 Å². The van der Waals surface area contributed by atoms with E-state index in [1.165, 1.54) is 15.9 Å². The number of carbonyl (C=O) groups excluding carboxylic acids is 1. The molecule has 4 aromatic rings. The number of nitrogens with zero attached hydrogens (tertiary/aromatic N) is 3. The third-order valence-corrected chi connectivity index (χ3v) is 8.01. The van der Waals surface area contributed by atoms with Crippen LogP contribution < -0.4 is 29.1 Å². The second kappa shape index (κ2) is 13.4. The zero-order valence-electron chi connectivity index (χ0n) is 24.8. The molecule has 1 atom stereocenters. The molecule has 0 bridgehead atoms. The van der Waals surface area contributed by atoms with Gasteiger partial charge in [-0.05, 0) is 68.3 Å². The third-order valence-electron chi connectivity index (χ3n) is 7.03. The van der Waals surface area contributed by atoms with Gasteiger partial charge in [0.15, 0.2) is 16.3 Å². The minimum Gasteiger partial charge on any atom is -0.493 e. The number of hydrogen-bond donors (Lipinski definition) is 0. The average molecular weight is 610 g/mol. The first-order valence-corrected chi connectivity index (χ1v) is 14.9. The van der Waals surface area contributed by atoms with Crippen LogP contribution in [0.1, 0.15) is 49.1 Å². The number of ether oxygens (including phenoxy) is 4. The number of carbonyl (C=O) groups is 1. The van der Waals surface area contributed by atoms with Gasteiger partial charge in [-0.15, -0.1) is 0 Å². The maximum atomic E-state index is 14.0. The van der Waals surface area contributed by atoms with Gasteiger partial charge in [0.25, 0.3) is 5.56 Å². The van der Waals surface area contributed by atoms with E-state index in [9.17, 15) is 14.9 Å². The predicted octanol–water partition coefficient (Wildman–Crippen LogP) is 4.66. The first-order valence-electron chi connectivity index (χ1n) is 14.1. The van der Waals surface area contributed by atoms with Crippen LogP contribution >= 0.6 is 11.3 Å². The molecular weight excluding hydrogens is 578 g/mol. The molecule has 9 nitrogen and oxygen atoms in total. The molecule has 0 saturated carbocycles. The molecular formula is C34H31N3O6S. The van der Waals surface area contributed by atoms with Crippen LogP contribution in [0.25, 0.3) is 6.08 Å². The van der Waals surface area contributed by atoms with Crippen LogP contribution in [-0.4, -0.2) is 30.9 Å². The molecule has 44 heavy (non-hydrogen) atoms. The number of rotatable bonds is 10. The Bertz CT molecular complexity index is 1950. The maximum Gasteiger partial charge on any atom is 0.338 e. The highest BCUT2D eigenvalue weighted by atomic mass is 32.1. The topological polar surface area (TPSA) is 112 Å². The fraction of sp³-hybridized carbons (Fsp3) is 0.235. The van der Waals surface area contributed by atoms with Crippen molar-refractivity contribution >= 4 is 23.4 Å². The van der Waals surface area contributed by atoms with Gasteiger partial charge in [-0.2, -0.15) is 5.26 Å². The van der Waals surface area contributed by atoms with Crippen molar-refractivity contribution in [2.75, 3.05) is 20.3 Å². The average Bonchev–Trinajstić information content (AvgIpc) is 3.34. The van der Waals surface area contributed by atoms with Gasteiger partial charge in [0.1, 0.15) is 12.4 Å². The van der Waals surface area contributed by atoms with Crippen LogP contribution in [0.15, 0.2) is 87.8 Å². The molecule has 0 spiro atoms. The van der Waals surface area contributed by atoms with Crippen molar-refractivity contribution in [3.8, 4) is 23.3 Å². The molecule has 224 valence electrons. The summed E-state index contributed by atoms with van der Waals surface area (Å²) in [6.07, 6.45) is 1.79. The van der Waals surface area contributed by atoms with Crippen LogP contribution in [-0.2, 0) is 16.1 Å². The van der Waals surface area contributed by atoms with E-state index in [4.69, 9.17) is 18.9 Å². The van der Waals surface area contributed by atoms with E-state index in [0.717, 1.165) is 11.1 Å². The molecule has 1 aromatic heterocycles. The summed E-state index contributed by atoms with van der Waals surface area (Å²) in [5, 5.41) is 9.31. The van der Waals surface area contributed by atoms with Gasteiger partial charge < -0.3 is 18.9 Å². The maximum absolute atomic E-state index is 14.0. The van der Waals surface area contributed by atoms with Crippen molar-refractivity contribution in [2.24, 2.45) is 4.99 Å². The molecule has 3 aromatic carbocycles. The van der Waals surface area contributed by atoms with E-state index >= 15 is 0 Å². The number of thiazole rings is 1. The first kappa shape index (κ1) is 30.3. The lowest BCUT2D eigenvalue weighted by Crippen LogP contribution is -2.40. The van der Waals surface area contributed by atoms with Crippen LogP contribution in [0.5, 0.6) is 17.2 Å². The SMILES string of the molecule is CCOC(=O)C1=C(C)N=c2s/c(=C/c3ccc(OCc4ccccc4C#N)cc3)c(=O)n2[C@@H]1c1ccc(OC)c(OCC)c1. The largest absolute Gasteiger partial charge is 0.493 e. The third kappa shape index (κ3) is 6.14. The van der Waals surface area contributed by atoms with Crippen molar-refractivity contribution in [3.05, 3.63) is 120 Å². The normalized spacial score (nSPS) is 14.3. The van der Waals surface area contributed by atoms with Crippen molar-refractivity contribution in [1.82, 2.24) is 4.57 Å². The van der Waals surface area contributed by atoms with Gasteiger partial charge >= 0.3 is 5.97 Å². The summed E-state index contributed by atoms with van der Waals surface area (Å²) < 4.78 is 24.5. The molecule has 1 aliphatic heterocycles. The van der Waals surface area contributed by atoms with Gasteiger partial charge in [-0.1, -0.05) is 47.7 Å². The Morgan fingerprint density at radius 3 is 2.52 bits per heavy atom. The molecule has 0 fully saturated rings. The van der Waals surface area contributed by atoms with Gasteiger partial charge in [-0.25, -0.2) is 9.79 Å². The number of hydrogen-bond acceptors (Lipinski definition) is 9. The Hall–Kier alpha value is -5.14. The number of methoxy groups -OCH3 is 1. The summed E-state index contributed by atoms with van der Waals surface area (Å²) in [5.41, 5.74) is 3.32. The lowest BCUT2D eigenvalue weighted by Gasteiger charge is -2.25. The standard InChI is InChI=1S/C34H31N3O6S/c1-5-41-28-18-23(13-16-27(28)40-4)31-30(33(39)42-6-2)21(3)36-34-37(31)32(38)29(44-34)17-22-11-14-26(15-12-22)43-20-25-10-8-7-9-24(25)19-35/h7-18,31H,5-6,20H2,1-4H3/b29-17+/t31-/m1/s1. The summed E-state index contributed by atoms with van der Waals surface area (Å²) >= 11 is 1.25. The van der Waals surface area contributed by atoms with E-state index in [1.54, 1.807) is 45.2 Å². The second-order valence-electron chi connectivity index (χ2n) is 9.77. The van der Waals surface area contributed by atoms with Gasteiger partial charge in [0, 0.05) is 5.56 Å². The molecule has 1 aliphatic rings. The van der Waals surface area contributed by atoms with Crippen LogP contribution in [0, 0.1) is 11.3 Å². The Labute approximate surface area is 258 Å². The smallest absolute Gasteiger partial charge is 0.338 e. The van der Waals surface area contributed by atoms with Crippen LogP contribution in [0.3, 0.4) is 0 Å². The highest BCUT2D eigenvalue weighted by Gasteiger charge is 2.34. The minimum absolute atomic E-state index is 0.185. The quantitative estimate of drug-likeness (QED) is 0.241. The summed E-state index contributed by atoms with van der Waals surface area (Å²) in [6.45, 7) is 6.22. The second-order valence-corrected chi connectivity index (χ2v) is 10.8. The number of allylic oxidation sites excluding steroid dienone is 1. The van der Waals surface area contributed by atoms with Crippen molar-refractivity contribution < 1.29 is 23.7 Å². The summed E-state index contributed by atoms with van der Waals surface area (Å²) in [7, 11) is 1.56. The number of benzene rings is 3. The van der Waals surface area contributed by atoms with E-state index in [-0.39, 0.29) is 24.3 Å². The van der Waals surface area contributed by atoms with Crippen molar-refractivity contribution in [1.29, 1.82) is 5.26 Å². The predicted molar refractivity (Wildman–Crippen MR) is 166 cm³/mol. The Morgan fingerprint density at radius 1 is 1.05 bits per heavy atom. The number of aromatic nitrogens is 1. The zero-order valence-corrected chi connectivity index (χ0v) is 25.6. The molecule has 0 amide bonds. The Kier molecular flexibility index (Phi) is 9.26. The van der Waals surface area contributed by atoms with Crippen LogP contribution in [0.4, 0.5) is 0 Å². The summed E-state index contributed by atoms with van der Waals surface area (Å²) in [4.78, 5) is 32.3. The highest BCUT2D eigenvalue weighted by Crippen LogP contribution is 2.36. The lowest BCUT2D eigenvalue weighted by molar-refractivity contribution is -0.139. The lowest BCUT2D eigenvalue weighted by atomic mass is 9.95. The summed E-state index contributed by atoms with van der Waals surface area (Å²) in [6, 6.07) is 21.4. The molecule has 0 saturated heterocycles. The van der Waals surface area contributed by atoms with E-state index in [0.29, 0.717) is 50.0 Å². The Balaban J connectivity index is 1.52. The molecule has 0 N–H and O–H groups in total. The molecule has 10 heteroatoms. The first-order chi connectivity index (χ1) is 21.4. The van der Waals surface area contributed by atoms with Crippen molar-refractivity contribution in [2.45, 2.75) is 33.4 Å². The van der Waals surface area contributed by atoms with E-state index in [2.05, 4.69) is 11.1 Å². The highest BCUT2D eigenvalue weighted by molar-refractivity contribution is 7.07. The molecule has 2 heterocycles. The van der Waals surface area contributed by atoms with Gasteiger partial charge in [0.05, 0.1) is 53.8 Å². The van der Waals surface area contributed by atoms with Gasteiger partial charge in [0.2, 0.25) is 0 Å². The number of esters is 1.